The van der Waals surface area contributed by atoms with Crippen LogP contribution < -0.4 is 5.48 Å². The van der Waals surface area contributed by atoms with Gasteiger partial charge >= 0.3 is 0 Å². The molecule has 90 valence electrons. The van der Waals surface area contributed by atoms with Crippen molar-refractivity contribution in [3.05, 3.63) is 35.4 Å². The molecule has 1 heterocycles. The molecule has 1 N–H and O–H groups in total. The summed E-state index contributed by atoms with van der Waals surface area (Å²) < 4.78 is 0. The molecule has 1 aromatic rings. The molecule has 1 aliphatic heterocycles. The zero-order valence-electron chi connectivity index (χ0n) is 9.93. The van der Waals surface area contributed by atoms with Gasteiger partial charge in [-0.3, -0.25) is 9.83 Å². The summed E-state index contributed by atoms with van der Waals surface area (Å²) in [7, 11) is 1.52. The maximum Gasteiger partial charge on any atom is 0.175 e. The molecule has 17 heavy (non-hydrogen) atoms. The number of aliphatic imine (C=N–C) groups is 1. The van der Waals surface area contributed by atoms with Crippen LogP contribution in [0.5, 0.6) is 0 Å². The van der Waals surface area contributed by atoms with Crippen LogP contribution in [0.15, 0.2) is 34.4 Å². The molecule has 0 saturated heterocycles. The Bertz CT molecular complexity index is 455. The van der Waals surface area contributed by atoms with Crippen LogP contribution in [0.1, 0.15) is 11.1 Å². The standard InChI is InChI=1S/C12H15N3O2/c1-9-5-3-4-6-10(9)11(14-16-2)12-13-7-8-17-15-12/h3-6H,7-8H2,1-2H3,(H,13,15)/b14-11-. The van der Waals surface area contributed by atoms with Crippen molar-refractivity contribution < 1.29 is 9.68 Å². The van der Waals surface area contributed by atoms with Gasteiger partial charge in [0.05, 0.1) is 13.2 Å². The molecule has 1 aromatic carbocycles. The van der Waals surface area contributed by atoms with Gasteiger partial charge in [-0.2, -0.15) is 0 Å². The van der Waals surface area contributed by atoms with Crippen LogP contribution in [-0.4, -0.2) is 31.8 Å². The number of nitrogens with zero attached hydrogens (tertiary/aromatic N) is 2. The van der Waals surface area contributed by atoms with E-state index in [9.17, 15) is 0 Å². The first kappa shape index (κ1) is 11.6. The van der Waals surface area contributed by atoms with E-state index < -0.39 is 0 Å². The van der Waals surface area contributed by atoms with Gasteiger partial charge in [-0.25, -0.2) is 5.48 Å². The highest BCUT2D eigenvalue weighted by molar-refractivity contribution is 6.47. The Labute approximate surface area is 100 Å². The monoisotopic (exact) mass is 233 g/mol. The Balaban J connectivity index is 2.39. The number of nitrogens with one attached hydrogen (secondary N) is 1. The molecule has 1 aliphatic rings. The predicted molar refractivity (Wildman–Crippen MR) is 66.1 cm³/mol. The maximum absolute atomic E-state index is 5.15. The third-order valence-electron chi connectivity index (χ3n) is 2.44. The van der Waals surface area contributed by atoms with Gasteiger partial charge in [0.2, 0.25) is 0 Å². The molecule has 5 heteroatoms. The van der Waals surface area contributed by atoms with Gasteiger partial charge in [0.1, 0.15) is 7.11 Å². The number of hydrogen-bond acceptors (Lipinski definition) is 5. The summed E-state index contributed by atoms with van der Waals surface area (Å²) in [5, 5.41) is 4.02. The highest BCUT2D eigenvalue weighted by Gasteiger charge is 2.17. The van der Waals surface area contributed by atoms with Gasteiger partial charge < -0.3 is 4.84 Å². The smallest absolute Gasteiger partial charge is 0.175 e. The van der Waals surface area contributed by atoms with E-state index in [1.165, 1.54) is 7.11 Å². The van der Waals surface area contributed by atoms with Crippen LogP contribution in [0, 0.1) is 6.92 Å². The van der Waals surface area contributed by atoms with Gasteiger partial charge in [0.15, 0.2) is 11.5 Å². The van der Waals surface area contributed by atoms with E-state index in [0.29, 0.717) is 24.7 Å². The van der Waals surface area contributed by atoms with E-state index in [0.717, 1.165) is 11.1 Å². The minimum atomic E-state index is 0.567. The molecule has 0 spiro atoms. The van der Waals surface area contributed by atoms with E-state index in [4.69, 9.17) is 9.68 Å². The normalized spacial score (nSPS) is 16.1. The third-order valence-corrected chi connectivity index (χ3v) is 2.44. The van der Waals surface area contributed by atoms with Crippen molar-refractivity contribution in [2.75, 3.05) is 20.3 Å². The first-order valence-electron chi connectivity index (χ1n) is 5.42. The molecule has 0 saturated carbocycles. The molecule has 0 fully saturated rings. The van der Waals surface area contributed by atoms with E-state index in [-0.39, 0.29) is 0 Å². The number of rotatable bonds is 3. The molecule has 0 radical (unpaired) electrons. The van der Waals surface area contributed by atoms with Gasteiger partial charge in [-0.1, -0.05) is 29.4 Å². The largest absolute Gasteiger partial charge is 0.399 e. The van der Waals surface area contributed by atoms with E-state index in [1.807, 2.05) is 31.2 Å². The third kappa shape index (κ3) is 2.62. The molecule has 0 bridgehead atoms. The zero-order chi connectivity index (χ0) is 12.1. The Kier molecular flexibility index (Phi) is 3.72. The second-order valence-electron chi connectivity index (χ2n) is 3.62. The van der Waals surface area contributed by atoms with Crippen LogP contribution in [-0.2, 0) is 9.68 Å². The number of benzene rings is 1. The van der Waals surface area contributed by atoms with Gasteiger partial charge in [-0.05, 0) is 12.5 Å². The van der Waals surface area contributed by atoms with Gasteiger partial charge in [-0.15, -0.1) is 0 Å². The summed E-state index contributed by atoms with van der Waals surface area (Å²) in [4.78, 5) is 14.4. The lowest BCUT2D eigenvalue weighted by atomic mass is 10.0. The van der Waals surface area contributed by atoms with Crippen molar-refractivity contribution in [1.29, 1.82) is 0 Å². The first-order valence-corrected chi connectivity index (χ1v) is 5.42. The molecule has 0 amide bonds. The number of oxime groups is 1. The lowest BCUT2D eigenvalue weighted by Crippen LogP contribution is -2.37. The Hall–Kier alpha value is -1.88. The van der Waals surface area contributed by atoms with Crippen molar-refractivity contribution in [2.45, 2.75) is 6.92 Å². The summed E-state index contributed by atoms with van der Waals surface area (Å²) in [6, 6.07) is 7.93. The topological polar surface area (TPSA) is 55.2 Å². The Morgan fingerprint density at radius 3 is 2.94 bits per heavy atom. The number of amidine groups is 1. The van der Waals surface area contributed by atoms with E-state index >= 15 is 0 Å². The molecular formula is C12H15N3O2. The Morgan fingerprint density at radius 2 is 2.29 bits per heavy atom. The second-order valence-corrected chi connectivity index (χ2v) is 3.62. The summed E-state index contributed by atoms with van der Waals surface area (Å²) in [6.07, 6.45) is 0. The van der Waals surface area contributed by atoms with Crippen LogP contribution >= 0.6 is 0 Å². The van der Waals surface area contributed by atoms with Crippen LogP contribution in [0.4, 0.5) is 0 Å². The molecule has 0 aromatic heterocycles. The maximum atomic E-state index is 5.15. The van der Waals surface area contributed by atoms with E-state index in [2.05, 4.69) is 15.6 Å². The summed E-state index contributed by atoms with van der Waals surface area (Å²) in [5.41, 5.74) is 5.51. The van der Waals surface area contributed by atoms with Crippen molar-refractivity contribution >= 4 is 11.5 Å². The van der Waals surface area contributed by atoms with Crippen LogP contribution in [0.3, 0.4) is 0 Å². The van der Waals surface area contributed by atoms with E-state index in [1.54, 1.807) is 0 Å². The van der Waals surface area contributed by atoms with Crippen LogP contribution in [0.25, 0.3) is 0 Å². The fourth-order valence-corrected chi connectivity index (χ4v) is 1.63. The predicted octanol–water partition coefficient (Wildman–Crippen LogP) is 1.28. The van der Waals surface area contributed by atoms with Crippen molar-refractivity contribution in [3.63, 3.8) is 0 Å². The average Bonchev–Trinajstić information content (AvgIpc) is 2.38. The Morgan fingerprint density at radius 1 is 1.47 bits per heavy atom. The highest BCUT2D eigenvalue weighted by Crippen LogP contribution is 2.10. The van der Waals surface area contributed by atoms with Gasteiger partial charge in [0, 0.05) is 5.56 Å². The number of hydroxylamine groups is 1. The SMILES string of the molecule is CO/N=C(\C1=NCCON1)c1ccccc1C. The fraction of sp³-hybridized carbons (Fsp3) is 0.333. The highest BCUT2D eigenvalue weighted by atomic mass is 16.6. The second kappa shape index (κ2) is 5.45. The van der Waals surface area contributed by atoms with Crippen LogP contribution in [0.2, 0.25) is 0 Å². The zero-order valence-corrected chi connectivity index (χ0v) is 9.93. The van der Waals surface area contributed by atoms with Crippen molar-refractivity contribution in [2.24, 2.45) is 10.1 Å². The first-order chi connectivity index (χ1) is 8.33. The average molecular weight is 233 g/mol. The van der Waals surface area contributed by atoms with Crippen molar-refractivity contribution in [1.82, 2.24) is 5.48 Å². The molecule has 0 atom stereocenters. The summed E-state index contributed by atoms with van der Waals surface area (Å²) in [5.74, 6) is 0.604. The minimum Gasteiger partial charge on any atom is -0.399 e. The fourth-order valence-electron chi connectivity index (χ4n) is 1.63. The number of aryl methyl sites for hydroxylation is 1. The quantitative estimate of drug-likeness (QED) is 0.632. The molecule has 2 rings (SSSR count). The molecule has 0 aliphatic carbocycles. The minimum absolute atomic E-state index is 0.567. The molecular weight excluding hydrogens is 218 g/mol. The summed E-state index contributed by atoms with van der Waals surface area (Å²) >= 11 is 0. The van der Waals surface area contributed by atoms with Crippen molar-refractivity contribution in [3.8, 4) is 0 Å². The lowest BCUT2D eigenvalue weighted by molar-refractivity contribution is 0.0836. The van der Waals surface area contributed by atoms with Gasteiger partial charge in [0.25, 0.3) is 0 Å². The molecule has 5 nitrogen and oxygen atoms in total. The lowest BCUT2D eigenvalue weighted by Gasteiger charge is -2.16. The summed E-state index contributed by atoms with van der Waals surface area (Å²) in [6.45, 7) is 3.21. The number of hydrogen-bond donors (Lipinski definition) is 1. The molecule has 0 unspecified atom stereocenters.